The summed E-state index contributed by atoms with van der Waals surface area (Å²) in [7, 11) is 1.78. The van der Waals surface area contributed by atoms with Gasteiger partial charge in [-0.05, 0) is 38.4 Å². The van der Waals surface area contributed by atoms with Gasteiger partial charge in [0.15, 0.2) is 16.9 Å². The van der Waals surface area contributed by atoms with Crippen molar-refractivity contribution in [3.05, 3.63) is 23.3 Å². The highest BCUT2D eigenvalue weighted by atomic mass is 127. The van der Waals surface area contributed by atoms with Crippen LogP contribution in [0.25, 0.3) is 0 Å². The number of nitrogens with one attached hydrogen (secondary N) is 2. The van der Waals surface area contributed by atoms with Crippen LogP contribution >= 0.6 is 35.7 Å². The Hall–Kier alpha value is -1.30. The smallest absolute Gasteiger partial charge is 0.191 e. The van der Waals surface area contributed by atoms with Crippen LogP contribution in [0.15, 0.2) is 20.7 Å². The number of halogens is 1. The molecule has 10 heteroatoms. The van der Waals surface area contributed by atoms with Crippen LogP contribution in [0.2, 0.25) is 0 Å². The molecule has 0 spiro atoms. The molecule has 2 heterocycles. The van der Waals surface area contributed by atoms with Gasteiger partial charge >= 0.3 is 0 Å². The minimum Gasteiger partial charge on any atom is -0.359 e. The van der Waals surface area contributed by atoms with Gasteiger partial charge in [-0.2, -0.15) is 0 Å². The molecule has 1 saturated carbocycles. The van der Waals surface area contributed by atoms with Gasteiger partial charge in [0.25, 0.3) is 0 Å². The molecule has 0 bridgehead atoms. The number of hydrogen-bond acceptors (Lipinski definition) is 6. The number of aliphatic imine (C=N–C) groups is 1. The number of aryl methyl sites for hydroxylation is 1. The van der Waals surface area contributed by atoms with Gasteiger partial charge in [-0.25, -0.2) is 0 Å². The largest absolute Gasteiger partial charge is 0.359 e. The highest BCUT2D eigenvalue weighted by Crippen LogP contribution is 2.33. The van der Waals surface area contributed by atoms with Crippen LogP contribution in [-0.2, 0) is 13.0 Å². The Labute approximate surface area is 213 Å². The van der Waals surface area contributed by atoms with Gasteiger partial charge < -0.3 is 19.7 Å². The fourth-order valence-corrected chi connectivity index (χ4v) is 4.88. The molecule has 32 heavy (non-hydrogen) atoms. The molecule has 2 aromatic heterocycles. The van der Waals surface area contributed by atoms with E-state index in [1.807, 2.05) is 0 Å². The lowest BCUT2D eigenvalue weighted by Crippen LogP contribution is -2.37. The van der Waals surface area contributed by atoms with Gasteiger partial charge in [-0.15, -0.1) is 34.2 Å². The Morgan fingerprint density at radius 3 is 2.66 bits per heavy atom. The van der Waals surface area contributed by atoms with Crippen molar-refractivity contribution >= 4 is 41.7 Å². The molecule has 8 nitrogen and oxygen atoms in total. The third-order valence-electron chi connectivity index (χ3n) is 6.11. The fourth-order valence-electron chi connectivity index (χ4n) is 4.30. The maximum atomic E-state index is 5.49. The summed E-state index contributed by atoms with van der Waals surface area (Å²) in [6, 6.07) is 2.62. The van der Waals surface area contributed by atoms with Crippen molar-refractivity contribution in [2.45, 2.75) is 88.9 Å². The molecule has 1 aliphatic carbocycles. The molecule has 0 saturated heterocycles. The van der Waals surface area contributed by atoms with Crippen LogP contribution < -0.4 is 10.6 Å². The summed E-state index contributed by atoms with van der Waals surface area (Å²) in [5.41, 5.74) is 1.04. The zero-order chi connectivity index (χ0) is 22.1. The highest BCUT2D eigenvalue weighted by Gasteiger charge is 2.23. The van der Waals surface area contributed by atoms with Crippen LogP contribution in [0.4, 0.5) is 0 Å². The van der Waals surface area contributed by atoms with E-state index in [-0.39, 0.29) is 24.0 Å². The first-order valence-corrected chi connectivity index (χ1v) is 12.8. The standard InChI is InChI=1S/C22H37N7OS.HI/c1-5-16(6-2)19-14-18(30-28-19)15-25-21(23-3)24-13-9-12-20-26-27-22(31-4)29(20)17-10-7-8-11-17;/h14,16-17H,5-13,15H2,1-4H3,(H2,23,24,25);1H. The van der Waals surface area contributed by atoms with Crippen LogP contribution in [0.1, 0.15) is 88.0 Å². The first kappa shape index (κ1) is 26.9. The van der Waals surface area contributed by atoms with Crippen LogP contribution in [0, 0.1) is 0 Å². The lowest BCUT2D eigenvalue weighted by Gasteiger charge is -2.16. The topological polar surface area (TPSA) is 93.2 Å². The molecule has 1 fully saturated rings. The highest BCUT2D eigenvalue weighted by molar-refractivity contribution is 14.0. The van der Waals surface area contributed by atoms with E-state index >= 15 is 0 Å². The van der Waals surface area contributed by atoms with Gasteiger partial charge in [-0.1, -0.05) is 43.6 Å². The van der Waals surface area contributed by atoms with E-state index in [0.29, 0.717) is 18.5 Å². The number of aromatic nitrogens is 4. The van der Waals surface area contributed by atoms with Gasteiger partial charge in [-0.3, -0.25) is 4.99 Å². The van der Waals surface area contributed by atoms with E-state index in [0.717, 1.165) is 60.6 Å². The van der Waals surface area contributed by atoms with E-state index in [4.69, 9.17) is 4.52 Å². The van der Waals surface area contributed by atoms with E-state index < -0.39 is 0 Å². The zero-order valence-electron chi connectivity index (χ0n) is 19.8. The number of nitrogens with zero attached hydrogens (tertiary/aromatic N) is 5. The third kappa shape index (κ3) is 7.10. The first-order chi connectivity index (χ1) is 15.2. The Kier molecular flexibility index (Phi) is 11.8. The quantitative estimate of drug-likeness (QED) is 0.129. The number of hydrogen-bond donors (Lipinski definition) is 2. The lowest BCUT2D eigenvalue weighted by molar-refractivity contribution is 0.368. The molecule has 2 N–H and O–H groups in total. The second-order valence-corrected chi connectivity index (χ2v) is 8.87. The third-order valence-corrected chi connectivity index (χ3v) is 6.76. The molecule has 180 valence electrons. The minimum atomic E-state index is 0. The summed E-state index contributed by atoms with van der Waals surface area (Å²) in [4.78, 5) is 4.32. The molecule has 0 atom stereocenters. The first-order valence-electron chi connectivity index (χ1n) is 11.6. The summed E-state index contributed by atoms with van der Waals surface area (Å²) in [5.74, 6) is 3.17. The van der Waals surface area contributed by atoms with E-state index in [2.05, 4.69) is 61.7 Å². The number of guanidine groups is 1. The molecule has 0 unspecified atom stereocenters. The predicted octanol–water partition coefficient (Wildman–Crippen LogP) is 4.92. The summed E-state index contributed by atoms with van der Waals surface area (Å²) in [6.07, 6.45) is 11.2. The maximum absolute atomic E-state index is 5.49. The average Bonchev–Trinajstić information content (AvgIpc) is 3.54. The summed E-state index contributed by atoms with van der Waals surface area (Å²) < 4.78 is 7.87. The molecule has 0 aromatic carbocycles. The van der Waals surface area contributed by atoms with Crippen molar-refractivity contribution in [3.8, 4) is 0 Å². The predicted molar refractivity (Wildman–Crippen MR) is 141 cm³/mol. The fraction of sp³-hybridized carbons (Fsp3) is 0.727. The molecular formula is C22H38IN7OS. The minimum absolute atomic E-state index is 0. The zero-order valence-corrected chi connectivity index (χ0v) is 22.9. The molecule has 0 radical (unpaired) electrons. The van der Waals surface area contributed by atoms with Crippen molar-refractivity contribution < 1.29 is 4.52 Å². The van der Waals surface area contributed by atoms with Crippen LogP contribution in [-0.4, -0.2) is 45.7 Å². The summed E-state index contributed by atoms with van der Waals surface area (Å²) in [5, 5.41) is 20.8. The maximum Gasteiger partial charge on any atom is 0.191 e. The van der Waals surface area contributed by atoms with E-state index in [1.54, 1.807) is 18.8 Å². The van der Waals surface area contributed by atoms with Crippen molar-refractivity contribution in [2.24, 2.45) is 4.99 Å². The molecular weight excluding hydrogens is 537 g/mol. The van der Waals surface area contributed by atoms with Crippen LogP contribution in [0.5, 0.6) is 0 Å². The Bertz CT molecular complexity index is 828. The average molecular weight is 576 g/mol. The van der Waals surface area contributed by atoms with Gasteiger partial charge in [0.1, 0.15) is 5.82 Å². The Morgan fingerprint density at radius 1 is 1.25 bits per heavy atom. The van der Waals surface area contributed by atoms with E-state index in [1.165, 1.54) is 25.7 Å². The van der Waals surface area contributed by atoms with Crippen molar-refractivity contribution in [2.75, 3.05) is 19.8 Å². The molecule has 0 aliphatic heterocycles. The summed E-state index contributed by atoms with van der Waals surface area (Å²) in [6.45, 7) is 5.76. The lowest BCUT2D eigenvalue weighted by atomic mass is 9.99. The van der Waals surface area contributed by atoms with Crippen molar-refractivity contribution in [1.82, 2.24) is 30.6 Å². The molecule has 1 aliphatic rings. The second kappa shape index (κ2) is 14.1. The van der Waals surface area contributed by atoms with Gasteiger partial charge in [0.2, 0.25) is 0 Å². The van der Waals surface area contributed by atoms with E-state index in [9.17, 15) is 0 Å². The second-order valence-electron chi connectivity index (χ2n) is 8.10. The number of thioether (sulfide) groups is 1. The van der Waals surface area contributed by atoms with Crippen molar-refractivity contribution in [3.63, 3.8) is 0 Å². The Balaban J connectivity index is 0.00000363. The summed E-state index contributed by atoms with van der Waals surface area (Å²) >= 11 is 1.69. The molecule has 0 amide bonds. The normalized spacial score (nSPS) is 14.7. The van der Waals surface area contributed by atoms with Crippen LogP contribution in [0.3, 0.4) is 0 Å². The molecule has 3 rings (SSSR count). The monoisotopic (exact) mass is 575 g/mol. The number of rotatable bonds is 11. The Morgan fingerprint density at radius 2 is 2.00 bits per heavy atom. The SMILES string of the molecule is CCC(CC)c1cc(CNC(=NC)NCCCc2nnc(SC)n2C2CCCC2)on1.I. The van der Waals surface area contributed by atoms with Gasteiger partial charge in [0, 0.05) is 38.0 Å². The van der Waals surface area contributed by atoms with Crippen molar-refractivity contribution in [1.29, 1.82) is 0 Å². The van der Waals surface area contributed by atoms with Gasteiger partial charge in [0.05, 0.1) is 12.2 Å². The molecule has 2 aromatic rings.